The number of carbonyl (C=O) groups excluding carboxylic acids is 2. The molecule has 6 rings (SSSR count). The second kappa shape index (κ2) is 15.4. The maximum atomic E-state index is 14.9. The van der Waals surface area contributed by atoms with Gasteiger partial charge < -0.3 is 30.9 Å². The SMILES string of the molecule is CCc1cc(Nc2nccn3c(-c4ccc(OC(F)F)c(F)c4F)cnc23)ccc1C(=O)NC(C)CNC(=O)C1CCN(CC2CNC2)CC1. The Balaban J connectivity index is 1.06. The summed E-state index contributed by atoms with van der Waals surface area (Å²) in [6.45, 7) is 5.91. The molecule has 4 N–H and O–H groups in total. The summed E-state index contributed by atoms with van der Waals surface area (Å²) in [7, 11) is 0. The monoisotopic (exact) mass is 696 g/mol. The van der Waals surface area contributed by atoms with Crippen molar-refractivity contribution in [1.82, 2.24) is 35.2 Å². The van der Waals surface area contributed by atoms with Crippen LogP contribution in [0.2, 0.25) is 0 Å². The molecule has 11 nitrogen and oxygen atoms in total. The van der Waals surface area contributed by atoms with Gasteiger partial charge in [-0.05, 0) is 81.1 Å². The molecule has 0 radical (unpaired) electrons. The van der Waals surface area contributed by atoms with E-state index >= 15 is 0 Å². The molecule has 1 atom stereocenters. The standard InChI is InChI=1S/C35H40F4N8O3/c1-3-22-14-24(45-31-32-42-18-27(47(32)13-10-41-31)26-6-7-28(50-35(38)39)30(37)29(26)36)4-5-25(22)34(49)44-20(2)15-43-33(48)23-8-11-46(12-9-23)19-21-16-40-17-21/h4-7,10,13-14,18,20-21,23,35,40H,3,8-9,11-12,15-17,19H2,1-2H3,(H,41,45)(H,43,48)(H,44,49). The number of carbonyl (C=O) groups is 2. The lowest BCUT2D eigenvalue weighted by Gasteiger charge is -2.37. The third-order valence-electron chi connectivity index (χ3n) is 9.26. The van der Waals surface area contributed by atoms with E-state index in [1.807, 2.05) is 19.9 Å². The number of fused-ring (bicyclic) bond motifs is 1. The fourth-order valence-electron chi connectivity index (χ4n) is 6.42. The summed E-state index contributed by atoms with van der Waals surface area (Å²) < 4.78 is 60.0. The van der Waals surface area contributed by atoms with Crippen LogP contribution >= 0.6 is 0 Å². The van der Waals surface area contributed by atoms with Crippen LogP contribution in [0.25, 0.3) is 16.9 Å². The van der Waals surface area contributed by atoms with E-state index in [1.54, 1.807) is 12.1 Å². The number of nitrogens with one attached hydrogen (secondary N) is 4. The number of aromatic nitrogens is 3. The number of rotatable bonds is 13. The lowest BCUT2D eigenvalue weighted by molar-refractivity contribution is -0.126. The van der Waals surface area contributed by atoms with Gasteiger partial charge in [-0.25, -0.2) is 14.4 Å². The lowest BCUT2D eigenvalue weighted by Crippen LogP contribution is -2.50. The van der Waals surface area contributed by atoms with Crippen LogP contribution in [0.3, 0.4) is 0 Å². The largest absolute Gasteiger partial charge is 0.432 e. The van der Waals surface area contributed by atoms with Crippen molar-refractivity contribution in [3.8, 4) is 17.0 Å². The number of anilines is 2. The molecule has 2 amide bonds. The van der Waals surface area contributed by atoms with Crippen molar-refractivity contribution in [3.05, 3.63) is 71.7 Å². The van der Waals surface area contributed by atoms with Gasteiger partial charge in [0, 0.05) is 67.3 Å². The van der Waals surface area contributed by atoms with Gasteiger partial charge in [-0.15, -0.1) is 0 Å². The van der Waals surface area contributed by atoms with E-state index in [9.17, 15) is 27.2 Å². The predicted molar refractivity (Wildman–Crippen MR) is 180 cm³/mol. The molecule has 2 fully saturated rings. The first kappa shape index (κ1) is 35.1. The fraction of sp³-hybridized carbons (Fsp3) is 0.429. The van der Waals surface area contributed by atoms with Crippen LogP contribution in [0.4, 0.5) is 29.1 Å². The van der Waals surface area contributed by atoms with E-state index in [0.717, 1.165) is 69.2 Å². The van der Waals surface area contributed by atoms with Gasteiger partial charge in [0.05, 0.1) is 11.9 Å². The Morgan fingerprint density at radius 3 is 2.56 bits per heavy atom. The first-order valence-corrected chi connectivity index (χ1v) is 16.8. The molecule has 2 aliphatic heterocycles. The van der Waals surface area contributed by atoms with Crippen LogP contribution in [0, 0.1) is 23.5 Å². The fourth-order valence-corrected chi connectivity index (χ4v) is 6.42. The zero-order valence-corrected chi connectivity index (χ0v) is 27.8. The number of imidazole rings is 1. The molecule has 15 heteroatoms. The number of alkyl halides is 2. The minimum Gasteiger partial charge on any atom is -0.432 e. The molecule has 0 aliphatic carbocycles. The molecule has 0 bridgehead atoms. The van der Waals surface area contributed by atoms with Gasteiger partial charge in [0.2, 0.25) is 11.7 Å². The maximum absolute atomic E-state index is 14.9. The molecule has 50 heavy (non-hydrogen) atoms. The lowest BCUT2D eigenvalue weighted by atomic mass is 9.94. The Hall–Kier alpha value is -4.76. The van der Waals surface area contributed by atoms with Gasteiger partial charge in [0.1, 0.15) is 0 Å². The summed E-state index contributed by atoms with van der Waals surface area (Å²) in [5.41, 5.74) is 2.14. The molecule has 2 aromatic heterocycles. The molecular formula is C35H40F4N8O3. The van der Waals surface area contributed by atoms with Crippen molar-refractivity contribution >= 4 is 29.0 Å². The van der Waals surface area contributed by atoms with E-state index in [4.69, 9.17) is 0 Å². The summed E-state index contributed by atoms with van der Waals surface area (Å²) in [5, 5.41) is 12.5. The molecule has 4 heterocycles. The highest BCUT2D eigenvalue weighted by Crippen LogP contribution is 2.32. The van der Waals surface area contributed by atoms with E-state index in [0.29, 0.717) is 35.7 Å². The summed E-state index contributed by atoms with van der Waals surface area (Å²) in [5.74, 6) is -3.01. The number of benzene rings is 2. The van der Waals surface area contributed by atoms with Crippen molar-refractivity contribution in [1.29, 1.82) is 0 Å². The summed E-state index contributed by atoms with van der Waals surface area (Å²) in [6.07, 6.45) is 6.51. The molecule has 266 valence electrons. The minimum absolute atomic E-state index is 0.0137. The second-order valence-corrected chi connectivity index (χ2v) is 12.8. The molecule has 2 aromatic carbocycles. The Morgan fingerprint density at radius 2 is 1.86 bits per heavy atom. The van der Waals surface area contributed by atoms with Crippen LogP contribution < -0.4 is 26.0 Å². The van der Waals surface area contributed by atoms with Crippen molar-refractivity contribution < 1.29 is 31.9 Å². The Morgan fingerprint density at radius 1 is 1.08 bits per heavy atom. The highest BCUT2D eigenvalue weighted by atomic mass is 19.3. The molecule has 2 aliphatic rings. The number of halogens is 4. The average molecular weight is 697 g/mol. The van der Waals surface area contributed by atoms with Crippen molar-refractivity contribution in [2.75, 3.05) is 44.6 Å². The zero-order valence-electron chi connectivity index (χ0n) is 27.8. The molecule has 2 saturated heterocycles. The topological polar surface area (TPSA) is 125 Å². The number of piperidine rings is 1. The average Bonchev–Trinajstić information content (AvgIpc) is 3.52. The van der Waals surface area contributed by atoms with Crippen LogP contribution in [0.5, 0.6) is 5.75 Å². The quantitative estimate of drug-likeness (QED) is 0.148. The van der Waals surface area contributed by atoms with Crippen molar-refractivity contribution in [3.63, 3.8) is 0 Å². The molecule has 1 unspecified atom stereocenters. The van der Waals surface area contributed by atoms with Gasteiger partial charge in [-0.3, -0.25) is 14.0 Å². The Labute approximate surface area is 286 Å². The van der Waals surface area contributed by atoms with Gasteiger partial charge >= 0.3 is 6.61 Å². The third-order valence-corrected chi connectivity index (χ3v) is 9.26. The summed E-state index contributed by atoms with van der Waals surface area (Å²) in [4.78, 5) is 37.2. The Kier molecular flexibility index (Phi) is 10.8. The van der Waals surface area contributed by atoms with Gasteiger partial charge in [-0.2, -0.15) is 13.2 Å². The number of hydrogen-bond acceptors (Lipinski definition) is 8. The number of aryl methyl sites for hydroxylation is 1. The van der Waals surface area contributed by atoms with Gasteiger partial charge in [-0.1, -0.05) is 6.92 Å². The van der Waals surface area contributed by atoms with Crippen LogP contribution in [0.1, 0.15) is 42.6 Å². The van der Waals surface area contributed by atoms with E-state index in [2.05, 4.69) is 40.9 Å². The third kappa shape index (κ3) is 7.83. The number of hydrogen-bond donors (Lipinski definition) is 4. The number of likely N-dealkylation sites (tertiary alicyclic amines) is 1. The number of ether oxygens (including phenoxy) is 1. The van der Waals surface area contributed by atoms with E-state index in [1.165, 1.54) is 23.0 Å². The summed E-state index contributed by atoms with van der Waals surface area (Å²) in [6, 6.07) is 7.02. The van der Waals surface area contributed by atoms with Crippen LogP contribution in [0.15, 0.2) is 48.9 Å². The number of nitrogens with zero attached hydrogens (tertiary/aromatic N) is 4. The predicted octanol–water partition coefficient (Wildman–Crippen LogP) is 4.75. The van der Waals surface area contributed by atoms with E-state index in [-0.39, 0.29) is 35.0 Å². The van der Waals surface area contributed by atoms with Gasteiger partial charge in [0.15, 0.2) is 23.0 Å². The Bertz CT molecular complexity index is 1840. The normalized spacial score (nSPS) is 16.3. The number of amides is 2. The maximum Gasteiger partial charge on any atom is 0.387 e. The second-order valence-electron chi connectivity index (χ2n) is 12.8. The molecule has 0 spiro atoms. The van der Waals surface area contributed by atoms with Crippen molar-refractivity contribution in [2.45, 2.75) is 45.8 Å². The van der Waals surface area contributed by atoms with Crippen LogP contribution in [-0.2, 0) is 11.2 Å². The molecule has 0 saturated carbocycles. The zero-order chi connectivity index (χ0) is 35.4. The molecular weight excluding hydrogens is 656 g/mol. The minimum atomic E-state index is -3.30. The molecule has 4 aromatic rings. The first-order valence-electron chi connectivity index (χ1n) is 16.8. The van der Waals surface area contributed by atoms with E-state index < -0.39 is 24.0 Å². The van der Waals surface area contributed by atoms with Crippen LogP contribution in [-0.4, -0.2) is 83.0 Å². The van der Waals surface area contributed by atoms with Gasteiger partial charge in [0.25, 0.3) is 5.91 Å². The highest BCUT2D eigenvalue weighted by Gasteiger charge is 2.28. The van der Waals surface area contributed by atoms with Crippen molar-refractivity contribution in [2.24, 2.45) is 11.8 Å². The smallest absolute Gasteiger partial charge is 0.387 e. The summed E-state index contributed by atoms with van der Waals surface area (Å²) >= 11 is 0. The first-order chi connectivity index (χ1) is 24.1. The highest BCUT2D eigenvalue weighted by molar-refractivity contribution is 5.96.